The first-order valence-electron chi connectivity index (χ1n) is 20.6. The first kappa shape index (κ1) is 32.4. The van der Waals surface area contributed by atoms with Gasteiger partial charge in [0.2, 0.25) is 0 Å². The maximum Gasteiger partial charge on any atom is 0.0562 e. The third-order valence-corrected chi connectivity index (χ3v) is 12.6. The number of fused-ring (bicyclic) bond motifs is 9. The quantitative estimate of drug-likeness (QED) is 0.167. The van der Waals surface area contributed by atoms with E-state index in [0.717, 1.165) is 25.7 Å². The Morgan fingerprint density at radius 3 is 1.72 bits per heavy atom. The lowest BCUT2D eigenvalue weighted by Crippen LogP contribution is -2.01. The van der Waals surface area contributed by atoms with Crippen LogP contribution >= 0.6 is 0 Å². The lowest BCUT2D eigenvalue weighted by Gasteiger charge is -2.18. The second-order valence-corrected chi connectivity index (χ2v) is 15.8. The predicted octanol–water partition coefficient (Wildman–Crippen LogP) is 14.4. The number of nitrogens with zero attached hydrogens (tertiary/aromatic N) is 3. The molecule has 0 N–H and O–H groups in total. The summed E-state index contributed by atoms with van der Waals surface area (Å²) in [6, 6.07) is 58.8. The number of rotatable bonds is 5. The number of aryl methyl sites for hydroxylation is 1. The highest BCUT2D eigenvalue weighted by molar-refractivity contribution is 6.18. The van der Waals surface area contributed by atoms with Crippen molar-refractivity contribution in [2.24, 2.45) is 0 Å². The van der Waals surface area contributed by atoms with E-state index in [-0.39, 0.29) is 0 Å². The largest absolute Gasteiger partial charge is 0.309 e. The van der Waals surface area contributed by atoms with Crippen LogP contribution in [0.1, 0.15) is 48.9 Å². The van der Waals surface area contributed by atoms with Crippen molar-refractivity contribution in [2.75, 3.05) is 0 Å². The highest BCUT2D eigenvalue weighted by atomic mass is 15.0. The minimum atomic E-state index is 1.07. The molecule has 3 heterocycles. The molecule has 0 radical (unpaired) electrons. The van der Waals surface area contributed by atoms with E-state index in [4.69, 9.17) is 0 Å². The molecule has 7 aromatic carbocycles. The molecule has 0 spiro atoms. The van der Waals surface area contributed by atoms with Gasteiger partial charge in [0.1, 0.15) is 0 Å². The van der Waals surface area contributed by atoms with E-state index in [9.17, 15) is 0 Å². The number of hydrogen-bond donors (Lipinski definition) is 0. The summed E-state index contributed by atoms with van der Waals surface area (Å²) in [5.74, 6) is 0. The Morgan fingerprint density at radius 1 is 0.404 bits per heavy atom. The molecule has 3 nitrogen and oxygen atoms in total. The molecule has 0 saturated carbocycles. The monoisotopic (exact) mass is 731 g/mol. The summed E-state index contributed by atoms with van der Waals surface area (Å²) in [5, 5.41) is 6.41. The van der Waals surface area contributed by atoms with Gasteiger partial charge in [-0.1, -0.05) is 109 Å². The van der Waals surface area contributed by atoms with E-state index < -0.39 is 0 Å². The molecule has 12 rings (SSSR count). The molecule has 3 aromatic heterocycles. The number of aromatic nitrogens is 3. The van der Waals surface area contributed by atoms with Crippen molar-refractivity contribution in [3.05, 3.63) is 187 Å². The maximum atomic E-state index is 2.53. The fraction of sp³-hybridized carbons (Fsp3) is 0.111. The van der Waals surface area contributed by atoms with Gasteiger partial charge in [-0.15, -0.1) is 0 Å². The average molecular weight is 732 g/mol. The van der Waals surface area contributed by atoms with Crippen LogP contribution in [0.15, 0.2) is 170 Å². The van der Waals surface area contributed by atoms with Crippen LogP contribution < -0.4 is 0 Å². The summed E-state index contributed by atoms with van der Waals surface area (Å²) >= 11 is 0. The van der Waals surface area contributed by atoms with Crippen LogP contribution in [-0.4, -0.2) is 13.7 Å². The molecule has 10 aromatic rings. The van der Waals surface area contributed by atoms with Crippen molar-refractivity contribution in [3.8, 4) is 28.2 Å². The van der Waals surface area contributed by atoms with Crippen molar-refractivity contribution in [1.29, 1.82) is 0 Å². The minimum Gasteiger partial charge on any atom is -0.309 e. The van der Waals surface area contributed by atoms with Gasteiger partial charge < -0.3 is 13.7 Å². The molecule has 2 aliphatic rings. The molecule has 0 atom stereocenters. The third kappa shape index (κ3) is 4.91. The summed E-state index contributed by atoms with van der Waals surface area (Å²) in [6.07, 6.45) is 14.1. The molecule has 2 aliphatic carbocycles. The average Bonchev–Trinajstić information content (AvgIpc) is 3.93. The Balaban J connectivity index is 1.15. The molecule has 0 bridgehead atoms. The van der Waals surface area contributed by atoms with E-state index in [2.05, 4.69) is 190 Å². The lowest BCUT2D eigenvalue weighted by molar-refractivity contribution is 0.742. The summed E-state index contributed by atoms with van der Waals surface area (Å²) in [5.41, 5.74) is 17.8. The highest BCUT2D eigenvalue weighted by Crippen LogP contribution is 2.44. The molecule has 0 unspecified atom stereocenters. The van der Waals surface area contributed by atoms with Crippen LogP contribution in [0, 0.1) is 0 Å². The molecule has 0 aliphatic heterocycles. The summed E-state index contributed by atoms with van der Waals surface area (Å²) in [7, 11) is 0. The van der Waals surface area contributed by atoms with Crippen LogP contribution in [0.5, 0.6) is 0 Å². The van der Waals surface area contributed by atoms with Crippen LogP contribution in [0.4, 0.5) is 0 Å². The zero-order chi connectivity index (χ0) is 37.5. The molecule has 57 heavy (non-hydrogen) atoms. The molecule has 0 saturated heterocycles. The Kier molecular flexibility index (Phi) is 7.31. The molecule has 0 fully saturated rings. The minimum absolute atomic E-state index is 1.07. The Hall–Kier alpha value is -6.84. The number of hydrogen-bond acceptors (Lipinski definition) is 0. The van der Waals surface area contributed by atoms with Gasteiger partial charge in [0.05, 0.1) is 39.0 Å². The Morgan fingerprint density at radius 2 is 1.00 bits per heavy atom. The van der Waals surface area contributed by atoms with Gasteiger partial charge in [-0.3, -0.25) is 0 Å². The Bertz CT molecular complexity index is 3290. The number of benzene rings is 7. The van der Waals surface area contributed by atoms with E-state index in [1.807, 2.05) is 0 Å². The van der Waals surface area contributed by atoms with Crippen LogP contribution in [0.2, 0.25) is 0 Å². The molecule has 0 amide bonds. The van der Waals surface area contributed by atoms with Crippen LogP contribution in [0.25, 0.3) is 94.4 Å². The molecule has 272 valence electrons. The highest BCUT2D eigenvalue weighted by Gasteiger charge is 2.24. The van der Waals surface area contributed by atoms with Gasteiger partial charge in [-0.05, 0) is 133 Å². The molecular weight excluding hydrogens is 691 g/mol. The zero-order valence-corrected chi connectivity index (χ0v) is 31.8. The second-order valence-electron chi connectivity index (χ2n) is 15.8. The molecular formula is C54H41N3. The molecule has 3 heteroatoms. The standard InChI is InChI=1S/C54H41N3/c1-3-17-36(18-4-1)38-33-39(37-19-5-2-6-20-37)35-40(34-38)55-47-27-13-9-23-43(47)53-49(55)29-15-31-51(53)57-48-28-14-10-24-44(48)54-50(30-16-32-52(54)57)56-45-25-11-7-21-41(45)42-22-8-12-26-46(42)56/h1,3-4,7,9-19,21,23-35H,2,5-6,8,20,22H2. The van der Waals surface area contributed by atoms with Crippen LogP contribution in [0.3, 0.4) is 0 Å². The SMILES string of the molecule is C1=Cc2c(c3ccccc3n2-c2cccc3c2c2ccccc2n3-c2cccc3c2c2ccccc2n3-c2cc(C3=CCCCC3)cc(-c3ccccc3)c2)CC1. The zero-order valence-electron chi connectivity index (χ0n) is 31.8. The van der Waals surface area contributed by atoms with Crippen molar-refractivity contribution in [1.82, 2.24) is 13.7 Å². The number of allylic oxidation sites excluding steroid dienone is 3. The smallest absolute Gasteiger partial charge is 0.0562 e. The van der Waals surface area contributed by atoms with Crippen molar-refractivity contribution >= 4 is 66.2 Å². The fourth-order valence-electron chi connectivity index (χ4n) is 10.2. The lowest BCUT2D eigenvalue weighted by atomic mass is 9.91. The summed E-state index contributed by atoms with van der Waals surface area (Å²) in [6.45, 7) is 0. The van der Waals surface area contributed by atoms with Gasteiger partial charge in [0.25, 0.3) is 0 Å². The van der Waals surface area contributed by atoms with E-state index in [1.165, 1.54) is 118 Å². The van der Waals surface area contributed by atoms with Gasteiger partial charge in [-0.2, -0.15) is 0 Å². The Labute approximate surface area is 332 Å². The van der Waals surface area contributed by atoms with E-state index in [0.29, 0.717) is 0 Å². The summed E-state index contributed by atoms with van der Waals surface area (Å²) in [4.78, 5) is 0. The topological polar surface area (TPSA) is 14.8 Å². The second kappa shape index (κ2) is 12.9. The van der Waals surface area contributed by atoms with Gasteiger partial charge in [-0.25, -0.2) is 0 Å². The van der Waals surface area contributed by atoms with Crippen molar-refractivity contribution < 1.29 is 0 Å². The summed E-state index contributed by atoms with van der Waals surface area (Å²) < 4.78 is 7.56. The normalized spacial score (nSPS) is 14.3. The van der Waals surface area contributed by atoms with Gasteiger partial charge in [0.15, 0.2) is 0 Å². The fourth-order valence-corrected chi connectivity index (χ4v) is 10.2. The van der Waals surface area contributed by atoms with Crippen molar-refractivity contribution in [2.45, 2.75) is 38.5 Å². The van der Waals surface area contributed by atoms with Gasteiger partial charge >= 0.3 is 0 Å². The first-order valence-corrected chi connectivity index (χ1v) is 20.6. The van der Waals surface area contributed by atoms with Gasteiger partial charge in [0, 0.05) is 38.3 Å². The predicted molar refractivity (Wildman–Crippen MR) is 241 cm³/mol. The number of para-hydroxylation sites is 3. The van der Waals surface area contributed by atoms with E-state index >= 15 is 0 Å². The maximum absolute atomic E-state index is 2.53. The third-order valence-electron chi connectivity index (χ3n) is 12.6. The van der Waals surface area contributed by atoms with Crippen LogP contribution in [-0.2, 0) is 6.42 Å². The van der Waals surface area contributed by atoms with E-state index in [1.54, 1.807) is 0 Å². The van der Waals surface area contributed by atoms with Crippen molar-refractivity contribution in [3.63, 3.8) is 0 Å². The first-order chi connectivity index (χ1) is 28.3.